The molecule has 3 aromatic rings. The summed E-state index contributed by atoms with van der Waals surface area (Å²) in [6, 6.07) is 17.3. The number of piperidine rings is 1. The number of hydrogen-bond acceptors (Lipinski definition) is 4. The average Bonchev–Trinajstić information content (AvgIpc) is 2.70. The molecule has 3 aromatic heterocycles. The second-order valence-electron chi connectivity index (χ2n) is 7.39. The maximum absolute atomic E-state index is 4.99. The highest BCUT2D eigenvalue weighted by Crippen LogP contribution is 2.39. The van der Waals surface area contributed by atoms with E-state index < -0.39 is 0 Å². The highest BCUT2D eigenvalue weighted by molar-refractivity contribution is 5.24. The van der Waals surface area contributed by atoms with Crippen molar-refractivity contribution in [3.05, 3.63) is 89.3 Å². The summed E-state index contributed by atoms with van der Waals surface area (Å²) in [5.74, 6) is 0. The van der Waals surface area contributed by atoms with E-state index in [9.17, 15) is 0 Å². The normalized spacial score (nSPS) is 20.5. The number of aryl methyl sites for hydroxylation is 1. The number of nitrogens with zero attached hydrogens (tertiary/aromatic N) is 4. The summed E-state index contributed by atoms with van der Waals surface area (Å²) in [6.45, 7) is 2.16. The van der Waals surface area contributed by atoms with Crippen LogP contribution in [0.25, 0.3) is 0 Å². The molecule has 2 unspecified atom stereocenters. The Hall–Kier alpha value is -2.59. The fourth-order valence-electron chi connectivity index (χ4n) is 4.13. The molecule has 0 saturated carbocycles. The first-order valence-electron chi connectivity index (χ1n) is 9.71. The quantitative estimate of drug-likeness (QED) is 0.680. The molecule has 1 saturated heterocycles. The number of likely N-dealkylation sites (tertiary alicyclic amines) is 1. The summed E-state index contributed by atoms with van der Waals surface area (Å²) in [4.78, 5) is 16.6. The van der Waals surface area contributed by atoms with Crippen molar-refractivity contribution in [1.82, 2.24) is 19.9 Å². The lowest BCUT2D eigenvalue weighted by Crippen LogP contribution is -2.34. The van der Waals surface area contributed by atoms with Crippen LogP contribution in [0, 0.1) is 6.92 Å². The number of hydrogen-bond donors (Lipinski definition) is 0. The lowest BCUT2D eigenvalue weighted by Gasteiger charge is -2.39. The van der Waals surface area contributed by atoms with Crippen LogP contribution >= 0.6 is 0 Å². The summed E-state index contributed by atoms with van der Waals surface area (Å²) >= 11 is 0. The molecular formula is C23H26N4. The largest absolute Gasteiger partial charge is 0.289 e. The van der Waals surface area contributed by atoms with Crippen LogP contribution in [0.3, 0.4) is 0 Å². The van der Waals surface area contributed by atoms with Gasteiger partial charge in [-0.1, -0.05) is 18.2 Å². The Balaban J connectivity index is 1.57. The van der Waals surface area contributed by atoms with Crippen LogP contribution in [0.2, 0.25) is 0 Å². The van der Waals surface area contributed by atoms with Gasteiger partial charge in [0.25, 0.3) is 0 Å². The molecular weight excluding hydrogens is 332 g/mol. The molecule has 0 bridgehead atoms. The Morgan fingerprint density at radius 3 is 2.52 bits per heavy atom. The minimum atomic E-state index is 0.328. The molecule has 0 N–H and O–H groups in total. The Morgan fingerprint density at radius 2 is 1.70 bits per heavy atom. The lowest BCUT2D eigenvalue weighted by atomic mass is 9.90. The van der Waals surface area contributed by atoms with Crippen molar-refractivity contribution in [2.75, 3.05) is 7.05 Å². The van der Waals surface area contributed by atoms with Gasteiger partial charge in [-0.2, -0.15) is 0 Å². The van der Waals surface area contributed by atoms with Crippen LogP contribution in [0.1, 0.15) is 59.7 Å². The van der Waals surface area contributed by atoms with Gasteiger partial charge in [-0.05, 0) is 69.1 Å². The third-order valence-corrected chi connectivity index (χ3v) is 5.56. The van der Waals surface area contributed by atoms with Gasteiger partial charge in [-0.3, -0.25) is 19.9 Å². The van der Waals surface area contributed by atoms with Gasteiger partial charge in [0.1, 0.15) is 0 Å². The van der Waals surface area contributed by atoms with E-state index in [1.165, 1.54) is 17.7 Å². The lowest BCUT2D eigenvalue weighted by molar-refractivity contribution is 0.109. The maximum atomic E-state index is 4.99. The van der Waals surface area contributed by atoms with Crippen molar-refractivity contribution in [1.29, 1.82) is 0 Å². The van der Waals surface area contributed by atoms with Crippen molar-refractivity contribution in [3.63, 3.8) is 0 Å². The van der Waals surface area contributed by atoms with Gasteiger partial charge in [0.2, 0.25) is 0 Å². The highest BCUT2D eigenvalue weighted by Gasteiger charge is 2.31. The summed E-state index contributed by atoms with van der Waals surface area (Å²) in [5, 5.41) is 0. The predicted molar refractivity (Wildman–Crippen MR) is 107 cm³/mol. The topological polar surface area (TPSA) is 41.9 Å². The Kier molecular flexibility index (Phi) is 5.26. The van der Waals surface area contributed by atoms with Gasteiger partial charge < -0.3 is 0 Å². The second kappa shape index (κ2) is 7.97. The van der Waals surface area contributed by atoms with Crippen LogP contribution in [0.4, 0.5) is 0 Å². The fraction of sp³-hybridized carbons (Fsp3) is 0.348. The molecule has 1 aliphatic rings. The predicted octanol–water partition coefficient (Wildman–Crippen LogP) is 4.67. The Labute approximate surface area is 161 Å². The molecule has 0 aromatic carbocycles. The van der Waals surface area contributed by atoms with Crippen molar-refractivity contribution >= 4 is 0 Å². The molecule has 4 heterocycles. The first-order chi connectivity index (χ1) is 13.2. The molecule has 2 atom stereocenters. The van der Waals surface area contributed by atoms with E-state index in [0.29, 0.717) is 12.1 Å². The molecule has 0 radical (unpaired) electrons. The van der Waals surface area contributed by atoms with Crippen LogP contribution in [-0.4, -0.2) is 26.9 Å². The molecule has 27 heavy (non-hydrogen) atoms. The van der Waals surface area contributed by atoms with Gasteiger partial charge in [0, 0.05) is 30.2 Å². The summed E-state index contributed by atoms with van der Waals surface area (Å²) in [5.41, 5.74) is 5.77. The summed E-state index contributed by atoms with van der Waals surface area (Å²) in [7, 11) is 2.22. The number of rotatable bonds is 4. The van der Waals surface area contributed by atoms with Gasteiger partial charge in [0.05, 0.1) is 23.5 Å². The van der Waals surface area contributed by atoms with E-state index in [1.807, 2.05) is 30.6 Å². The molecule has 138 valence electrons. The summed E-state index contributed by atoms with van der Waals surface area (Å²) < 4.78 is 0. The van der Waals surface area contributed by atoms with E-state index in [4.69, 9.17) is 4.98 Å². The van der Waals surface area contributed by atoms with Gasteiger partial charge in [-0.25, -0.2) is 0 Å². The van der Waals surface area contributed by atoms with Crippen LogP contribution < -0.4 is 0 Å². The Morgan fingerprint density at radius 1 is 0.889 bits per heavy atom. The zero-order valence-electron chi connectivity index (χ0n) is 16.0. The maximum Gasteiger partial charge on any atom is 0.0604 e. The average molecular weight is 358 g/mol. The van der Waals surface area contributed by atoms with Gasteiger partial charge >= 0.3 is 0 Å². The molecule has 4 rings (SSSR count). The third-order valence-electron chi connectivity index (χ3n) is 5.56. The summed E-state index contributed by atoms with van der Waals surface area (Å²) in [6.07, 6.45) is 8.01. The fourth-order valence-corrected chi connectivity index (χ4v) is 4.13. The number of pyridine rings is 3. The minimum Gasteiger partial charge on any atom is -0.289 e. The zero-order chi connectivity index (χ0) is 18.6. The standard InChI is InChI=1S/C23H26N4/c1-17-8-7-15-25-23(17)22-13-6-12-21(27(22)2)20-11-5-10-19(26-20)16-18-9-3-4-14-24-18/h3-5,7-11,14-15,21-22H,6,12-13,16H2,1-2H3. The van der Waals surface area contributed by atoms with Crippen molar-refractivity contribution in [3.8, 4) is 0 Å². The molecule has 1 aliphatic heterocycles. The van der Waals surface area contributed by atoms with Gasteiger partial charge in [-0.15, -0.1) is 0 Å². The minimum absolute atomic E-state index is 0.328. The van der Waals surface area contributed by atoms with Crippen molar-refractivity contribution in [2.24, 2.45) is 0 Å². The molecule has 0 amide bonds. The smallest absolute Gasteiger partial charge is 0.0604 e. The molecule has 0 spiro atoms. The SMILES string of the molecule is Cc1cccnc1C1CCCC(c2cccc(Cc3ccccn3)n2)N1C. The van der Waals surface area contributed by atoms with E-state index in [0.717, 1.165) is 36.3 Å². The van der Waals surface area contributed by atoms with E-state index in [2.05, 4.69) is 59.2 Å². The molecule has 1 fully saturated rings. The number of aromatic nitrogens is 3. The van der Waals surface area contributed by atoms with Crippen LogP contribution in [0.5, 0.6) is 0 Å². The molecule has 0 aliphatic carbocycles. The zero-order valence-corrected chi connectivity index (χ0v) is 16.0. The van der Waals surface area contributed by atoms with Crippen molar-refractivity contribution in [2.45, 2.75) is 44.7 Å². The third kappa shape index (κ3) is 3.91. The first kappa shape index (κ1) is 17.8. The highest BCUT2D eigenvalue weighted by atomic mass is 15.2. The molecule has 4 nitrogen and oxygen atoms in total. The second-order valence-corrected chi connectivity index (χ2v) is 7.39. The monoisotopic (exact) mass is 358 g/mol. The Bertz CT molecular complexity index is 894. The van der Waals surface area contributed by atoms with E-state index in [-0.39, 0.29) is 0 Å². The van der Waals surface area contributed by atoms with Crippen molar-refractivity contribution < 1.29 is 0 Å². The van der Waals surface area contributed by atoms with E-state index >= 15 is 0 Å². The van der Waals surface area contributed by atoms with Crippen LogP contribution in [-0.2, 0) is 6.42 Å². The van der Waals surface area contributed by atoms with E-state index in [1.54, 1.807) is 0 Å². The molecule has 4 heteroatoms. The van der Waals surface area contributed by atoms with Crippen LogP contribution in [0.15, 0.2) is 60.9 Å². The van der Waals surface area contributed by atoms with Gasteiger partial charge in [0.15, 0.2) is 0 Å². The first-order valence-corrected chi connectivity index (χ1v) is 9.71.